The molecule has 0 amide bonds. The fourth-order valence-corrected chi connectivity index (χ4v) is 0.563. The Labute approximate surface area is 44.1 Å². The molecule has 1 heterocycles. The molecular weight excluding hydrogens is 90.1 g/mol. The minimum atomic E-state index is 0.788. The van der Waals surface area contributed by atoms with Gasteiger partial charge in [-0.05, 0) is 7.05 Å². The van der Waals surface area contributed by atoms with E-state index in [0.717, 1.165) is 19.8 Å². The van der Waals surface area contributed by atoms with Gasteiger partial charge in [-0.1, -0.05) is 0 Å². The van der Waals surface area contributed by atoms with Gasteiger partial charge in [0.15, 0.2) is 0 Å². The summed E-state index contributed by atoms with van der Waals surface area (Å²) in [7, 11) is 2.06. The zero-order valence-corrected chi connectivity index (χ0v) is 4.55. The van der Waals surface area contributed by atoms with E-state index in [1.165, 1.54) is 0 Å². The Morgan fingerprint density at radius 1 is 1.71 bits per heavy atom. The molecule has 0 aromatic carbocycles. The fourth-order valence-electron chi connectivity index (χ4n) is 0.563. The minimum absolute atomic E-state index is 0.788. The number of hydrogen-bond acceptors (Lipinski definition) is 2. The van der Waals surface area contributed by atoms with Crippen LogP contribution in [-0.2, 0) is 4.74 Å². The predicted octanol–water partition coefficient (Wildman–Crippen LogP) is 0.110. The highest BCUT2D eigenvalue weighted by molar-refractivity contribution is 4.66. The largest absolute Gasteiger partial charge is 0.378 e. The molecule has 0 aromatic rings. The molecule has 0 spiro atoms. The summed E-state index contributed by atoms with van der Waals surface area (Å²) in [6.45, 7) is 4.76. The zero-order chi connectivity index (χ0) is 5.11. The van der Waals surface area contributed by atoms with Crippen molar-refractivity contribution in [3.63, 3.8) is 0 Å². The molecule has 2 nitrogen and oxygen atoms in total. The lowest BCUT2D eigenvalue weighted by Gasteiger charge is -2.20. The maximum Gasteiger partial charge on any atom is 0.0638 e. The number of likely N-dealkylation sites (N-methyl/N-ethyl adjacent to an activating group) is 1. The van der Waals surface area contributed by atoms with E-state index in [1.807, 2.05) is 6.54 Å². The molecule has 0 N–H and O–H groups in total. The first-order valence-electron chi connectivity index (χ1n) is 2.51. The van der Waals surface area contributed by atoms with Gasteiger partial charge in [0.05, 0.1) is 19.8 Å². The first-order chi connectivity index (χ1) is 3.39. The number of rotatable bonds is 0. The van der Waals surface area contributed by atoms with E-state index < -0.39 is 0 Å². The van der Waals surface area contributed by atoms with Crippen molar-refractivity contribution >= 4 is 0 Å². The molecular formula is C5H10NO. The highest BCUT2D eigenvalue weighted by Gasteiger charge is 2.02. The highest BCUT2D eigenvalue weighted by Crippen LogP contribution is 1.94. The lowest BCUT2D eigenvalue weighted by atomic mass is 10.5. The summed E-state index contributed by atoms with van der Waals surface area (Å²) in [5.74, 6) is 0. The quantitative estimate of drug-likeness (QED) is 0.428. The summed E-state index contributed by atoms with van der Waals surface area (Å²) in [6.07, 6.45) is 0. The van der Waals surface area contributed by atoms with Crippen LogP contribution in [0.2, 0.25) is 0 Å². The molecule has 0 unspecified atom stereocenters. The molecule has 1 aliphatic rings. The molecule has 41 valence electrons. The smallest absolute Gasteiger partial charge is 0.0638 e. The van der Waals surface area contributed by atoms with Gasteiger partial charge in [-0.3, -0.25) is 4.90 Å². The summed E-state index contributed by atoms with van der Waals surface area (Å²) in [5.41, 5.74) is 0. The zero-order valence-electron chi connectivity index (χ0n) is 4.55. The van der Waals surface area contributed by atoms with Crippen LogP contribution in [0.3, 0.4) is 0 Å². The fraction of sp³-hybridized carbons (Fsp3) is 0.800. The molecule has 0 atom stereocenters. The number of ether oxygens (including phenoxy) is 1. The van der Waals surface area contributed by atoms with Crippen molar-refractivity contribution in [1.29, 1.82) is 0 Å². The third-order valence-corrected chi connectivity index (χ3v) is 1.09. The van der Waals surface area contributed by atoms with Crippen LogP contribution in [0, 0.1) is 6.54 Å². The number of nitrogens with zero attached hydrogens (tertiary/aromatic N) is 1. The monoisotopic (exact) mass is 100 g/mol. The van der Waals surface area contributed by atoms with Crippen molar-refractivity contribution in [2.24, 2.45) is 0 Å². The molecule has 1 fully saturated rings. The Morgan fingerprint density at radius 3 is 2.86 bits per heavy atom. The molecule has 0 saturated carbocycles. The standard InChI is InChI=1S/C5H10NO/c1-6-2-4-7-5-3-6/h2H,3-5H2,1H3. The lowest BCUT2D eigenvalue weighted by Crippen LogP contribution is -2.28. The van der Waals surface area contributed by atoms with Crippen molar-refractivity contribution < 1.29 is 4.74 Å². The van der Waals surface area contributed by atoms with Crippen LogP contribution >= 0.6 is 0 Å². The molecule has 1 aliphatic heterocycles. The van der Waals surface area contributed by atoms with Crippen molar-refractivity contribution in [3.05, 3.63) is 6.54 Å². The van der Waals surface area contributed by atoms with Crippen LogP contribution in [0.15, 0.2) is 0 Å². The van der Waals surface area contributed by atoms with E-state index in [4.69, 9.17) is 4.74 Å². The minimum Gasteiger partial charge on any atom is -0.378 e. The van der Waals surface area contributed by atoms with Gasteiger partial charge in [-0.2, -0.15) is 0 Å². The van der Waals surface area contributed by atoms with E-state index >= 15 is 0 Å². The second-order valence-corrected chi connectivity index (χ2v) is 1.74. The number of hydrogen-bond donors (Lipinski definition) is 0. The normalized spacial score (nSPS) is 25.3. The maximum absolute atomic E-state index is 5.04. The average Bonchev–Trinajstić information content (AvgIpc) is 1.69. The van der Waals surface area contributed by atoms with Gasteiger partial charge in [0.2, 0.25) is 0 Å². The van der Waals surface area contributed by atoms with Gasteiger partial charge < -0.3 is 4.74 Å². The third kappa shape index (κ3) is 1.45. The first-order valence-corrected chi connectivity index (χ1v) is 2.51. The van der Waals surface area contributed by atoms with Gasteiger partial charge >= 0.3 is 0 Å². The summed E-state index contributed by atoms with van der Waals surface area (Å²) in [4.78, 5) is 2.14. The van der Waals surface area contributed by atoms with Crippen molar-refractivity contribution in [2.75, 3.05) is 26.8 Å². The summed E-state index contributed by atoms with van der Waals surface area (Å²) >= 11 is 0. The molecule has 0 aromatic heterocycles. The van der Waals surface area contributed by atoms with Gasteiger partial charge in [-0.15, -0.1) is 0 Å². The molecule has 1 saturated heterocycles. The van der Waals surface area contributed by atoms with E-state index in [2.05, 4.69) is 11.9 Å². The Hall–Kier alpha value is -0.0800. The number of morpholine rings is 1. The van der Waals surface area contributed by atoms with Crippen LogP contribution < -0.4 is 0 Å². The summed E-state index contributed by atoms with van der Waals surface area (Å²) in [5, 5.41) is 0. The highest BCUT2D eigenvalue weighted by atomic mass is 16.5. The van der Waals surface area contributed by atoms with Crippen LogP contribution in [0.5, 0.6) is 0 Å². The molecule has 1 radical (unpaired) electrons. The van der Waals surface area contributed by atoms with Crippen molar-refractivity contribution in [2.45, 2.75) is 0 Å². The van der Waals surface area contributed by atoms with Gasteiger partial charge in [0, 0.05) is 6.54 Å². The van der Waals surface area contributed by atoms with Crippen molar-refractivity contribution in [3.8, 4) is 0 Å². The Balaban J connectivity index is 2.12. The van der Waals surface area contributed by atoms with E-state index in [-0.39, 0.29) is 0 Å². The molecule has 0 aliphatic carbocycles. The lowest BCUT2D eigenvalue weighted by molar-refractivity contribution is 0.0792. The van der Waals surface area contributed by atoms with E-state index in [1.54, 1.807) is 0 Å². The second-order valence-electron chi connectivity index (χ2n) is 1.74. The Morgan fingerprint density at radius 2 is 2.57 bits per heavy atom. The van der Waals surface area contributed by atoms with Crippen LogP contribution in [0.25, 0.3) is 0 Å². The molecule has 1 rings (SSSR count). The molecule has 7 heavy (non-hydrogen) atoms. The van der Waals surface area contributed by atoms with Gasteiger partial charge in [0.25, 0.3) is 0 Å². The molecule has 0 bridgehead atoms. The topological polar surface area (TPSA) is 12.5 Å². The average molecular weight is 100 g/mol. The maximum atomic E-state index is 5.04. The predicted molar refractivity (Wildman–Crippen MR) is 27.7 cm³/mol. The van der Waals surface area contributed by atoms with Crippen molar-refractivity contribution in [1.82, 2.24) is 4.90 Å². The van der Waals surface area contributed by atoms with Gasteiger partial charge in [0.1, 0.15) is 0 Å². The molecule has 2 heteroatoms. The Bertz CT molecular complexity index is 50.0. The second kappa shape index (κ2) is 2.28. The SMILES string of the molecule is CN1[CH]COCC1. The van der Waals surface area contributed by atoms with E-state index in [9.17, 15) is 0 Å². The summed E-state index contributed by atoms with van der Waals surface area (Å²) in [6, 6.07) is 0. The van der Waals surface area contributed by atoms with Crippen LogP contribution in [0.1, 0.15) is 0 Å². The third-order valence-electron chi connectivity index (χ3n) is 1.09. The summed E-state index contributed by atoms with van der Waals surface area (Å²) < 4.78 is 5.04. The van der Waals surface area contributed by atoms with E-state index in [0.29, 0.717) is 0 Å². The van der Waals surface area contributed by atoms with Crippen LogP contribution in [-0.4, -0.2) is 31.7 Å². The first kappa shape index (κ1) is 5.06. The Kier molecular flexibility index (Phi) is 1.65. The van der Waals surface area contributed by atoms with Gasteiger partial charge in [-0.25, -0.2) is 0 Å². The van der Waals surface area contributed by atoms with Crippen LogP contribution in [0.4, 0.5) is 0 Å².